The Morgan fingerprint density at radius 3 is 2.76 bits per heavy atom. The number of nitro benzene ring substituents is 1. The molecule has 0 aliphatic rings. The van der Waals surface area contributed by atoms with E-state index in [0.29, 0.717) is 6.54 Å². The highest BCUT2D eigenvalue weighted by Gasteiger charge is 2.20. The van der Waals surface area contributed by atoms with Crippen molar-refractivity contribution in [1.29, 1.82) is 0 Å². The number of carbonyl (C=O) groups is 1. The number of unbranched alkanes of at least 4 members (excludes halogenated alkanes) is 1. The lowest BCUT2D eigenvalue weighted by Crippen LogP contribution is -2.24. The fourth-order valence-corrected chi connectivity index (χ4v) is 2.45. The predicted octanol–water partition coefficient (Wildman–Crippen LogP) is 2.41. The van der Waals surface area contributed by atoms with Gasteiger partial charge in [-0.15, -0.1) is 0 Å². The number of nitrogens with zero attached hydrogens (tertiary/aromatic N) is 1. The average Bonchev–Trinajstić information content (AvgIpc) is 2.45. The van der Waals surface area contributed by atoms with Crippen LogP contribution < -0.4 is 16.6 Å². The van der Waals surface area contributed by atoms with Crippen molar-refractivity contribution in [1.82, 2.24) is 5.32 Å². The SMILES string of the molecule is CSCCCCNC(=O)c1cc(Cl)c(NN)c([N+](=O)[O-])c1. The number of nitrogen functional groups attached to an aromatic ring is 1. The molecule has 1 aromatic carbocycles. The van der Waals surface area contributed by atoms with E-state index in [-0.39, 0.29) is 22.0 Å². The third kappa shape index (κ3) is 5.07. The Labute approximate surface area is 131 Å². The number of nitrogens with two attached hydrogens (primary N) is 1. The van der Waals surface area contributed by atoms with Gasteiger partial charge in [0.1, 0.15) is 5.69 Å². The Morgan fingerprint density at radius 2 is 2.19 bits per heavy atom. The first-order chi connectivity index (χ1) is 10.0. The fraction of sp³-hybridized carbons (Fsp3) is 0.417. The standard InChI is InChI=1S/C12H17ClN4O3S/c1-21-5-3-2-4-15-12(18)8-6-9(13)11(16-14)10(7-8)17(19)20/h6-7,16H,2-5,14H2,1H3,(H,15,18). The quantitative estimate of drug-likeness (QED) is 0.292. The molecule has 0 saturated heterocycles. The van der Waals surface area contributed by atoms with E-state index in [1.165, 1.54) is 6.07 Å². The Kier molecular flexibility index (Phi) is 7.27. The van der Waals surface area contributed by atoms with Gasteiger partial charge < -0.3 is 10.7 Å². The van der Waals surface area contributed by atoms with Crippen molar-refractivity contribution < 1.29 is 9.72 Å². The molecular weight excluding hydrogens is 316 g/mol. The van der Waals surface area contributed by atoms with Gasteiger partial charge in [-0.25, -0.2) is 0 Å². The Bertz CT molecular complexity index is 527. The number of nitro groups is 1. The highest BCUT2D eigenvalue weighted by atomic mass is 35.5. The van der Waals surface area contributed by atoms with Gasteiger partial charge in [0.05, 0.1) is 9.95 Å². The largest absolute Gasteiger partial charge is 0.352 e. The van der Waals surface area contributed by atoms with Gasteiger partial charge in [-0.1, -0.05) is 11.6 Å². The fourth-order valence-electron chi connectivity index (χ4n) is 1.69. The van der Waals surface area contributed by atoms with Crippen LogP contribution in [0.2, 0.25) is 5.02 Å². The summed E-state index contributed by atoms with van der Waals surface area (Å²) in [5, 5.41) is 13.7. The molecule has 9 heteroatoms. The van der Waals surface area contributed by atoms with Gasteiger partial charge in [-0.3, -0.25) is 20.8 Å². The summed E-state index contributed by atoms with van der Waals surface area (Å²) < 4.78 is 0. The number of carbonyl (C=O) groups excluding carboxylic acids is 1. The van der Waals surface area contributed by atoms with E-state index in [4.69, 9.17) is 17.4 Å². The molecule has 21 heavy (non-hydrogen) atoms. The average molecular weight is 333 g/mol. The molecule has 0 bridgehead atoms. The predicted molar refractivity (Wildman–Crippen MR) is 85.9 cm³/mol. The topological polar surface area (TPSA) is 110 Å². The maximum absolute atomic E-state index is 12.0. The van der Waals surface area contributed by atoms with Crippen LogP contribution in [0.3, 0.4) is 0 Å². The lowest BCUT2D eigenvalue weighted by atomic mass is 10.1. The number of hydrazine groups is 1. The normalized spacial score (nSPS) is 10.2. The Morgan fingerprint density at radius 1 is 1.48 bits per heavy atom. The third-order valence-electron chi connectivity index (χ3n) is 2.73. The van der Waals surface area contributed by atoms with Crippen LogP contribution in [0.1, 0.15) is 23.2 Å². The summed E-state index contributed by atoms with van der Waals surface area (Å²) in [5.74, 6) is 5.84. The van der Waals surface area contributed by atoms with E-state index >= 15 is 0 Å². The van der Waals surface area contributed by atoms with Crippen molar-refractivity contribution >= 4 is 40.6 Å². The second-order valence-corrected chi connectivity index (χ2v) is 5.60. The number of nitrogens with one attached hydrogen (secondary N) is 2. The van der Waals surface area contributed by atoms with E-state index in [1.54, 1.807) is 11.8 Å². The van der Waals surface area contributed by atoms with Crippen LogP contribution in [0.25, 0.3) is 0 Å². The monoisotopic (exact) mass is 332 g/mol. The molecule has 0 fully saturated rings. The molecule has 1 aromatic rings. The van der Waals surface area contributed by atoms with Gasteiger partial charge >= 0.3 is 0 Å². The highest BCUT2D eigenvalue weighted by Crippen LogP contribution is 2.32. The number of hydrogen-bond acceptors (Lipinski definition) is 6. The maximum Gasteiger partial charge on any atom is 0.295 e. The van der Waals surface area contributed by atoms with Gasteiger partial charge in [0, 0.05) is 18.2 Å². The van der Waals surface area contributed by atoms with Crippen LogP contribution in [0.4, 0.5) is 11.4 Å². The van der Waals surface area contributed by atoms with Crippen molar-refractivity contribution in [3.05, 3.63) is 32.8 Å². The molecule has 0 radical (unpaired) electrons. The summed E-state index contributed by atoms with van der Waals surface area (Å²) in [6.07, 6.45) is 3.87. The van der Waals surface area contributed by atoms with Crippen LogP contribution in [-0.4, -0.2) is 29.4 Å². The Balaban J connectivity index is 2.78. The third-order valence-corrected chi connectivity index (χ3v) is 3.73. The molecule has 0 unspecified atom stereocenters. The van der Waals surface area contributed by atoms with E-state index in [9.17, 15) is 14.9 Å². The van der Waals surface area contributed by atoms with Gasteiger partial charge in [-0.05, 0) is 30.9 Å². The summed E-state index contributed by atoms with van der Waals surface area (Å²) >= 11 is 7.64. The van der Waals surface area contributed by atoms with Crippen LogP contribution in [0.5, 0.6) is 0 Å². The van der Waals surface area contributed by atoms with Crippen molar-refractivity contribution in [2.24, 2.45) is 5.84 Å². The number of halogens is 1. The molecule has 0 heterocycles. The smallest absolute Gasteiger partial charge is 0.295 e. The molecule has 0 aliphatic carbocycles. The van der Waals surface area contributed by atoms with E-state index in [1.807, 2.05) is 6.26 Å². The zero-order chi connectivity index (χ0) is 15.8. The van der Waals surface area contributed by atoms with Gasteiger partial charge in [0.15, 0.2) is 0 Å². The minimum Gasteiger partial charge on any atom is -0.352 e. The minimum atomic E-state index is -0.643. The van der Waals surface area contributed by atoms with Gasteiger partial charge in [0.25, 0.3) is 11.6 Å². The summed E-state index contributed by atoms with van der Waals surface area (Å²) in [4.78, 5) is 22.3. The highest BCUT2D eigenvalue weighted by molar-refractivity contribution is 7.98. The molecule has 7 nitrogen and oxygen atoms in total. The number of amides is 1. The molecule has 0 aliphatic heterocycles. The molecule has 0 spiro atoms. The molecule has 0 saturated carbocycles. The molecule has 0 aromatic heterocycles. The van der Waals surface area contributed by atoms with E-state index in [0.717, 1.165) is 24.7 Å². The Hall–Kier alpha value is -1.51. The molecule has 116 valence electrons. The zero-order valence-electron chi connectivity index (χ0n) is 11.5. The van der Waals surface area contributed by atoms with Crippen LogP contribution in [-0.2, 0) is 0 Å². The lowest BCUT2D eigenvalue weighted by molar-refractivity contribution is -0.384. The van der Waals surface area contributed by atoms with Crippen LogP contribution >= 0.6 is 23.4 Å². The summed E-state index contributed by atoms with van der Waals surface area (Å²) in [6.45, 7) is 0.516. The minimum absolute atomic E-state index is 0.0156. The summed E-state index contributed by atoms with van der Waals surface area (Å²) in [5.41, 5.74) is 1.95. The first-order valence-corrected chi connectivity index (χ1v) is 8.00. The zero-order valence-corrected chi connectivity index (χ0v) is 13.1. The van der Waals surface area contributed by atoms with Crippen molar-refractivity contribution in [3.63, 3.8) is 0 Å². The van der Waals surface area contributed by atoms with Gasteiger partial charge in [0.2, 0.25) is 0 Å². The molecule has 0 atom stereocenters. The van der Waals surface area contributed by atoms with Crippen molar-refractivity contribution in [2.45, 2.75) is 12.8 Å². The van der Waals surface area contributed by atoms with E-state index < -0.39 is 10.8 Å². The number of rotatable bonds is 8. The van der Waals surface area contributed by atoms with E-state index in [2.05, 4.69) is 10.7 Å². The molecule has 4 N–H and O–H groups in total. The lowest BCUT2D eigenvalue weighted by Gasteiger charge is -2.08. The summed E-state index contributed by atoms with van der Waals surface area (Å²) in [6, 6.07) is 2.50. The van der Waals surface area contributed by atoms with Crippen molar-refractivity contribution in [2.75, 3.05) is 24.0 Å². The number of hydrogen-bond donors (Lipinski definition) is 3. The van der Waals surface area contributed by atoms with Crippen LogP contribution in [0, 0.1) is 10.1 Å². The maximum atomic E-state index is 12.0. The second-order valence-electron chi connectivity index (χ2n) is 4.21. The first-order valence-electron chi connectivity index (χ1n) is 6.23. The summed E-state index contributed by atoms with van der Waals surface area (Å²) in [7, 11) is 0. The number of thioether (sulfide) groups is 1. The molecule has 1 amide bonds. The second kappa shape index (κ2) is 8.71. The number of benzene rings is 1. The first kappa shape index (κ1) is 17.5. The van der Waals surface area contributed by atoms with Crippen LogP contribution in [0.15, 0.2) is 12.1 Å². The molecular formula is C12H17ClN4O3S. The number of anilines is 1. The van der Waals surface area contributed by atoms with Crippen molar-refractivity contribution in [3.8, 4) is 0 Å². The van der Waals surface area contributed by atoms with Gasteiger partial charge in [-0.2, -0.15) is 11.8 Å². The molecule has 1 rings (SSSR count).